The molecule has 2 heterocycles. The Morgan fingerprint density at radius 1 is 1.53 bits per heavy atom. The van der Waals surface area contributed by atoms with Gasteiger partial charge in [0.2, 0.25) is 0 Å². The lowest BCUT2D eigenvalue weighted by atomic mass is 10.3. The summed E-state index contributed by atoms with van der Waals surface area (Å²) < 4.78 is 1.74. The number of hydrogen-bond acceptors (Lipinski definition) is 3. The van der Waals surface area contributed by atoms with E-state index in [0.29, 0.717) is 6.54 Å². The predicted octanol–water partition coefficient (Wildman–Crippen LogP) is 2.06. The molecule has 0 aliphatic heterocycles. The molecule has 0 fully saturated rings. The molecule has 2 rings (SSSR count). The molecular weight excluding hydrogens is 234 g/mol. The molecule has 0 spiro atoms. The van der Waals surface area contributed by atoms with Crippen LogP contribution in [0.5, 0.6) is 0 Å². The quantitative estimate of drug-likeness (QED) is 0.835. The predicted molar refractivity (Wildman–Crippen MR) is 68.1 cm³/mol. The molecule has 17 heavy (non-hydrogen) atoms. The van der Waals surface area contributed by atoms with Gasteiger partial charge in [-0.3, -0.25) is 9.48 Å². The van der Waals surface area contributed by atoms with Crippen molar-refractivity contribution in [3.63, 3.8) is 0 Å². The Balaban J connectivity index is 2.05. The molecule has 0 saturated heterocycles. The third-order valence-corrected chi connectivity index (χ3v) is 3.46. The molecule has 0 saturated carbocycles. The van der Waals surface area contributed by atoms with Crippen LogP contribution in [-0.2, 0) is 13.6 Å². The van der Waals surface area contributed by atoms with Crippen LogP contribution in [0.25, 0.3) is 0 Å². The smallest absolute Gasteiger partial charge is 0.263 e. The number of rotatable bonds is 3. The molecule has 0 aliphatic carbocycles. The van der Waals surface area contributed by atoms with Crippen LogP contribution < -0.4 is 0 Å². The van der Waals surface area contributed by atoms with E-state index in [9.17, 15) is 4.79 Å². The Morgan fingerprint density at radius 3 is 2.82 bits per heavy atom. The van der Waals surface area contributed by atoms with Gasteiger partial charge in [-0.2, -0.15) is 5.10 Å². The molecule has 4 nitrogen and oxygen atoms in total. The maximum absolute atomic E-state index is 12.1. The molecule has 0 aromatic carbocycles. The fourth-order valence-electron chi connectivity index (χ4n) is 1.64. The average molecular weight is 249 g/mol. The minimum Gasteiger partial charge on any atom is -0.337 e. The number of thiophene rings is 1. The van der Waals surface area contributed by atoms with Crippen molar-refractivity contribution in [2.75, 3.05) is 7.05 Å². The van der Waals surface area contributed by atoms with E-state index in [2.05, 4.69) is 5.10 Å². The normalized spacial score (nSPS) is 10.5. The highest BCUT2D eigenvalue weighted by Crippen LogP contribution is 2.17. The molecule has 2 aromatic rings. The fourth-order valence-corrected chi connectivity index (χ4v) is 2.50. The van der Waals surface area contributed by atoms with Gasteiger partial charge < -0.3 is 4.90 Å². The highest BCUT2D eigenvalue weighted by atomic mass is 32.1. The average Bonchev–Trinajstić information content (AvgIpc) is 2.87. The maximum atomic E-state index is 12.1. The van der Waals surface area contributed by atoms with Crippen LogP contribution in [0.4, 0.5) is 0 Å². The van der Waals surface area contributed by atoms with Crippen LogP contribution in [0.15, 0.2) is 24.5 Å². The van der Waals surface area contributed by atoms with E-state index in [0.717, 1.165) is 15.3 Å². The number of hydrogen-bond donors (Lipinski definition) is 0. The molecule has 0 bridgehead atoms. The first-order valence-electron chi connectivity index (χ1n) is 5.35. The zero-order valence-electron chi connectivity index (χ0n) is 10.2. The first kappa shape index (κ1) is 11.9. The number of carbonyl (C=O) groups is 1. The van der Waals surface area contributed by atoms with E-state index in [1.54, 1.807) is 15.8 Å². The first-order chi connectivity index (χ1) is 8.06. The summed E-state index contributed by atoms with van der Waals surface area (Å²) in [6.45, 7) is 2.59. The van der Waals surface area contributed by atoms with Gasteiger partial charge in [0.05, 0.1) is 11.1 Å². The van der Waals surface area contributed by atoms with Crippen LogP contribution in [0.1, 0.15) is 20.1 Å². The fraction of sp³-hybridized carbons (Fsp3) is 0.333. The highest BCUT2D eigenvalue weighted by Gasteiger charge is 2.14. The van der Waals surface area contributed by atoms with Gasteiger partial charge in [0, 0.05) is 37.3 Å². The van der Waals surface area contributed by atoms with E-state index < -0.39 is 0 Å². The number of aryl methyl sites for hydroxylation is 2. The van der Waals surface area contributed by atoms with E-state index in [1.165, 1.54) is 11.3 Å². The third kappa shape index (κ3) is 2.74. The van der Waals surface area contributed by atoms with Gasteiger partial charge in [0.15, 0.2) is 0 Å². The molecular formula is C12H15N3OS. The van der Waals surface area contributed by atoms with Crippen molar-refractivity contribution in [2.24, 2.45) is 7.05 Å². The van der Waals surface area contributed by atoms with Gasteiger partial charge in [-0.25, -0.2) is 0 Å². The first-order valence-corrected chi connectivity index (χ1v) is 6.17. The van der Waals surface area contributed by atoms with Gasteiger partial charge in [-0.15, -0.1) is 11.3 Å². The largest absolute Gasteiger partial charge is 0.337 e. The van der Waals surface area contributed by atoms with E-state index >= 15 is 0 Å². The second-order valence-corrected chi connectivity index (χ2v) is 5.38. The molecule has 0 unspecified atom stereocenters. The van der Waals surface area contributed by atoms with Gasteiger partial charge in [-0.1, -0.05) is 0 Å². The van der Waals surface area contributed by atoms with Crippen LogP contribution >= 0.6 is 11.3 Å². The summed E-state index contributed by atoms with van der Waals surface area (Å²) >= 11 is 1.53. The Bertz CT molecular complexity index is 529. The van der Waals surface area contributed by atoms with Crippen molar-refractivity contribution in [3.05, 3.63) is 39.8 Å². The Kier molecular flexibility index (Phi) is 3.28. The molecule has 5 heteroatoms. The summed E-state index contributed by atoms with van der Waals surface area (Å²) in [6, 6.07) is 3.85. The third-order valence-electron chi connectivity index (χ3n) is 2.48. The molecule has 90 valence electrons. The Hall–Kier alpha value is -1.62. The van der Waals surface area contributed by atoms with Crippen molar-refractivity contribution in [1.29, 1.82) is 0 Å². The lowest BCUT2D eigenvalue weighted by Gasteiger charge is -2.14. The van der Waals surface area contributed by atoms with Crippen LogP contribution in [0.3, 0.4) is 0 Å². The number of nitrogens with zero attached hydrogens (tertiary/aromatic N) is 3. The number of aromatic nitrogens is 2. The van der Waals surface area contributed by atoms with Gasteiger partial charge in [-0.05, 0) is 19.1 Å². The summed E-state index contributed by atoms with van der Waals surface area (Å²) in [6.07, 6.45) is 3.70. The molecule has 0 N–H and O–H groups in total. The summed E-state index contributed by atoms with van der Waals surface area (Å²) in [5, 5.41) is 4.09. The zero-order valence-corrected chi connectivity index (χ0v) is 11.0. The Labute approximate surface area is 104 Å². The maximum Gasteiger partial charge on any atom is 0.263 e. The zero-order chi connectivity index (χ0) is 12.4. The summed E-state index contributed by atoms with van der Waals surface area (Å²) in [4.78, 5) is 15.7. The van der Waals surface area contributed by atoms with E-state index in [1.807, 2.05) is 39.3 Å². The minimum absolute atomic E-state index is 0.0620. The van der Waals surface area contributed by atoms with Gasteiger partial charge in [0.25, 0.3) is 5.91 Å². The van der Waals surface area contributed by atoms with Crippen molar-refractivity contribution in [3.8, 4) is 0 Å². The van der Waals surface area contributed by atoms with Gasteiger partial charge in [0.1, 0.15) is 0 Å². The second-order valence-electron chi connectivity index (χ2n) is 4.09. The molecule has 0 radical (unpaired) electrons. The monoisotopic (exact) mass is 249 g/mol. The summed E-state index contributed by atoms with van der Waals surface area (Å²) in [5.41, 5.74) is 1.04. The van der Waals surface area contributed by atoms with Crippen LogP contribution in [0.2, 0.25) is 0 Å². The molecule has 0 atom stereocenters. The molecule has 0 aliphatic rings. The minimum atomic E-state index is 0.0620. The topological polar surface area (TPSA) is 38.1 Å². The van der Waals surface area contributed by atoms with Crippen LogP contribution in [-0.4, -0.2) is 27.6 Å². The van der Waals surface area contributed by atoms with Crippen LogP contribution in [0, 0.1) is 6.92 Å². The number of amides is 1. The van der Waals surface area contributed by atoms with Gasteiger partial charge >= 0.3 is 0 Å². The number of carbonyl (C=O) groups excluding carboxylic acids is 1. The lowest BCUT2D eigenvalue weighted by molar-refractivity contribution is 0.0790. The van der Waals surface area contributed by atoms with Crippen molar-refractivity contribution >= 4 is 17.2 Å². The van der Waals surface area contributed by atoms with E-state index in [-0.39, 0.29) is 5.91 Å². The standard InChI is InChI=1S/C12H15N3OS/c1-9-4-5-11(17-9)12(16)14(2)7-10-6-13-15(3)8-10/h4-6,8H,7H2,1-3H3. The van der Waals surface area contributed by atoms with Crippen molar-refractivity contribution in [1.82, 2.24) is 14.7 Å². The second kappa shape index (κ2) is 4.71. The van der Waals surface area contributed by atoms with E-state index in [4.69, 9.17) is 0 Å². The lowest BCUT2D eigenvalue weighted by Crippen LogP contribution is -2.25. The van der Waals surface area contributed by atoms with Crippen molar-refractivity contribution < 1.29 is 4.79 Å². The SMILES string of the molecule is Cc1ccc(C(=O)N(C)Cc2cnn(C)c2)s1. The summed E-state index contributed by atoms with van der Waals surface area (Å²) in [5.74, 6) is 0.0620. The summed E-state index contributed by atoms with van der Waals surface area (Å²) in [7, 11) is 3.68. The molecule has 2 aromatic heterocycles. The Morgan fingerprint density at radius 2 is 2.29 bits per heavy atom. The highest BCUT2D eigenvalue weighted by molar-refractivity contribution is 7.13. The van der Waals surface area contributed by atoms with Crippen molar-refractivity contribution in [2.45, 2.75) is 13.5 Å². The molecule has 1 amide bonds.